The molecule has 11 rings (SSSR count). The number of rotatable bonds is 6. The first-order valence-electron chi connectivity index (χ1n) is 18.6. The van der Waals surface area contributed by atoms with E-state index in [0.29, 0.717) is 17.5 Å². The van der Waals surface area contributed by atoms with Gasteiger partial charge in [-0.05, 0) is 54.1 Å². The zero-order valence-corrected chi connectivity index (χ0v) is 30.0. The lowest BCUT2D eigenvalue weighted by atomic mass is 9.98. The fourth-order valence-electron chi connectivity index (χ4n) is 7.82. The highest BCUT2D eigenvalue weighted by atomic mass is 16.3. The Morgan fingerprint density at radius 3 is 1.66 bits per heavy atom. The number of furan rings is 1. The average molecular weight is 718 g/mol. The molecule has 0 amide bonds. The lowest BCUT2D eigenvalue weighted by Crippen LogP contribution is -2.02. The first-order valence-corrected chi connectivity index (χ1v) is 18.6. The van der Waals surface area contributed by atoms with Gasteiger partial charge in [-0.1, -0.05) is 127 Å². The summed E-state index contributed by atoms with van der Waals surface area (Å²) in [4.78, 5) is 20.4. The van der Waals surface area contributed by atoms with Crippen molar-refractivity contribution in [2.75, 3.05) is 0 Å². The molecule has 6 heteroatoms. The lowest BCUT2D eigenvalue weighted by molar-refractivity contribution is 0.669. The molecule has 0 aliphatic heterocycles. The summed E-state index contributed by atoms with van der Waals surface area (Å²) in [5, 5.41) is 4.42. The van der Waals surface area contributed by atoms with Gasteiger partial charge in [-0.25, -0.2) is 15.0 Å². The van der Waals surface area contributed by atoms with Crippen molar-refractivity contribution >= 4 is 43.7 Å². The highest BCUT2D eigenvalue weighted by molar-refractivity contribution is 6.17. The molecule has 0 radical (unpaired) electrons. The van der Waals surface area contributed by atoms with Crippen LogP contribution in [0.2, 0.25) is 0 Å². The van der Waals surface area contributed by atoms with E-state index in [2.05, 4.69) is 95.6 Å². The molecule has 4 aromatic heterocycles. The Labute approximate surface area is 322 Å². The van der Waals surface area contributed by atoms with Crippen molar-refractivity contribution in [2.24, 2.45) is 0 Å². The van der Waals surface area contributed by atoms with Crippen molar-refractivity contribution in [1.29, 1.82) is 0 Å². The minimum atomic E-state index is 0.547. The zero-order chi connectivity index (χ0) is 37.0. The van der Waals surface area contributed by atoms with Crippen molar-refractivity contribution in [2.45, 2.75) is 0 Å². The molecule has 56 heavy (non-hydrogen) atoms. The molecule has 4 heterocycles. The van der Waals surface area contributed by atoms with Gasteiger partial charge in [-0.2, -0.15) is 0 Å². The third-order valence-corrected chi connectivity index (χ3v) is 10.5. The zero-order valence-electron chi connectivity index (χ0n) is 30.0. The van der Waals surface area contributed by atoms with E-state index in [4.69, 9.17) is 24.4 Å². The fraction of sp³-hybridized carbons (Fsp3) is 0. The van der Waals surface area contributed by atoms with E-state index in [1.807, 2.05) is 97.2 Å². The van der Waals surface area contributed by atoms with Crippen LogP contribution in [0.1, 0.15) is 0 Å². The molecule has 0 saturated carbocycles. The van der Waals surface area contributed by atoms with Crippen molar-refractivity contribution in [3.63, 3.8) is 0 Å². The third kappa shape index (κ3) is 5.35. The van der Waals surface area contributed by atoms with Crippen LogP contribution in [0.3, 0.4) is 0 Å². The summed E-state index contributed by atoms with van der Waals surface area (Å²) in [5.74, 6) is 1.74. The Morgan fingerprint density at radius 2 is 0.964 bits per heavy atom. The van der Waals surface area contributed by atoms with Crippen LogP contribution in [0.4, 0.5) is 0 Å². The first-order chi connectivity index (χ1) is 27.7. The van der Waals surface area contributed by atoms with Gasteiger partial charge in [0, 0.05) is 67.3 Å². The molecule has 0 N–H and O–H groups in total. The molecule has 0 fully saturated rings. The van der Waals surface area contributed by atoms with Crippen LogP contribution in [0.15, 0.2) is 193 Å². The number of nitrogens with zero attached hydrogens (tertiary/aromatic N) is 5. The minimum Gasteiger partial charge on any atom is -0.456 e. The maximum Gasteiger partial charge on any atom is 0.166 e. The predicted molar refractivity (Wildman–Crippen MR) is 226 cm³/mol. The molecule has 6 nitrogen and oxygen atoms in total. The van der Waals surface area contributed by atoms with Gasteiger partial charge in [0.15, 0.2) is 17.5 Å². The highest BCUT2D eigenvalue weighted by Crippen LogP contribution is 2.41. The molecular formula is C50H31N5O. The second-order valence-electron chi connectivity index (χ2n) is 13.9. The number of aromatic nitrogens is 5. The molecule has 0 atom stereocenters. The van der Waals surface area contributed by atoms with E-state index in [-0.39, 0.29) is 0 Å². The molecule has 7 aromatic carbocycles. The number of benzene rings is 7. The van der Waals surface area contributed by atoms with Crippen LogP contribution in [0.5, 0.6) is 0 Å². The first kappa shape index (κ1) is 31.8. The molecule has 0 saturated heterocycles. The van der Waals surface area contributed by atoms with E-state index in [9.17, 15) is 0 Å². The summed E-state index contributed by atoms with van der Waals surface area (Å²) >= 11 is 0. The van der Waals surface area contributed by atoms with Gasteiger partial charge in [0.25, 0.3) is 0 Å². The van der Waals surface area contributed by atoms with E-state index in [1.54, 1.807) is 0 Å². The normalized spacial score (nSPS) is 11.6. The van der Waals surface area contributed by atoms with Crippen LogP contribution in [0, 0.1) is 0 Å². The second kappa shape index (κ2) is 13.0. The van der Waals surface area contributed by atoms with Crippen molar-refractivity contribution in [3.8, 4) is 62.2 Å². The van der Waals surface area contributed by atoms with E-state index in [0.717, 1.165) is 77.7 Å². The standard InChI is InChI=1S/C50H31N5O/c1-5-15-32(16-6-1)36-28-42(50-53-48(33-17-7-2-8-18-33)52-49(54-50)34-19-9-3-10-20-34)47(51-31-36)35-25-26-45-40(27-35)41-29-39-38-23-13-14-24-43(38)55(37-21-11-4-12-22-37)44(39)30-46(41)56-45/h1-31H. The Bertz CT molecular complexity index is 3170. The third-order valence-electron chi connectivity index (χ3n) is 10.5. The SMILES string of the molecule is c1ccc(-c2cnc(-c3ccc4oc5cc6c(cc5c4c3)c3ccccc3n6-c3ccccc3)c(-c3nc(-c4ccccc4)nc(-c4ccccc4)n3)c2)cc1. The Balaban J connectivity index is 1.14. The largest absolute Gasteiger partial charge is 0.456 e. The molecule has 0 aliphatic rings. The molecule has 0 aliphatic carbocycles. The Morgan fingerprint density at radius 1 is 0.375 bits per heavy atom. The number of para-hydroxylation sites is 2. The number of hydrogen-bond acceptors (Lipinski definition) is 5. The molecule has 0 spiro atoms. The van der Waals surface area contributed by atoms with E-state index >= 15 is 0 Å². The molecule has 0 bridgehead atoms. The summed E-state index contributed by atoms with van der Waals surface area (Å²) in [6.07, 6.45) is 1.94. The van der Waals surface area contributed by atoms with Gasteiger partial charge in [-0.3, -0.25) is 4.98 Å². The highest BCUT2D eigenvalue weighted by Gasteiger charge is 2.21. The topological polar surface area (TPSA) is 69.6 Å². The monoisotopic (exact) mass is 717 g/mol. The molecule has 11 aromatic rings. The van der Waals surface area contributed by atoms with Crippen LogP contribution < -0.4 is 0 Å². The van der Waals surface area contributed by atoms with Crippen LogP contribution in [-0.4, -0.2) is 24.5 Å². The van der Waals surface area contributed by atoms with Crippen LogP contribution >= 0.6 is 0 Å². The maximum absolute atomic E-state index is 6.59. The van der Waals surface area contributed by atoms with Gasteiger partial charge >= 0.3 is 0 Å². The quantitative estimate of drug-likeness (QED) is 0.171. The van der Waals surface area contributed by atoms with E-state index in [1.165, 1.54) is 10.8 Å². The smallest absolute Gasteiger partial charge is 0.166 e. The van der Waals surface area contributed by atoms with Gasteiger partial charge < -0.3 is 8.98 Å². The summed E-state index contributed by atoms with van der Waals surface area (Å²) in [5.41, 5.74) is 11.4. The Hall–Kier alpha value is -7.70. The minimum absolute atomic E-state index is 0.547. The summed E-state index contributed by atoms with van der Waals surface area (Å²) in [6.45, 7) is 0. The maximum atomic E-state index is 6.59. The Kier molecular flexibility index (Phi) is 7.38. The number of pyridine rings is 1. The van der Waals surface area contributed by atoms with Crippen LogP contribution in [0.25, 0.3) is 106 Å². The summed E-state index contributed by atoms with van der Waals surface area (Å²) in [6, 6.07) is 62.4. The second-order valence-corrected chi connectivity index (χ2v) is 13.9. The summed E-state index contributed by atoms with van der Waals surface area (Å²) in [7, 11) is 0. The van der Waals surface area contributed by atoms with Crippen molar-refractivity contribution in [3.05, 3.63) is 188 Å². The van der Waals surface area contributed by atoms with Gasteiger partial charge in [0.1, 0.15) is 11.2 Å². The number of hydrogen-bond donors (Lipinski definition) is 0. The van der Waals surface area contributed by atoms with Gasteiger partial charge in [0.05, 0.1) is 16.7 Å². The predicted octanol–water partition coefficient (Wildman–Crippen LogP) is 12.6. The average Bonchev–Trinajstić information content (AvgIpc) is 3.80. The lowest BCUT2D eigenvalue weighted by Gasteiger charge is -2.13. The van der Waals surface area contributed by atoms with E-state index < -0.39 is 0 Å². The van der Waals surface area contributed by atoms with Crippen LogP contribution in [-0.2, 0) is 0 Å². The molecule has 0 unspecified atom stereocenters. The van der Waals surface area contributed by atoms with Crippen molar-refractivity contribution in [1.82, 2.24) is 24.5 Å². The fourth-order valence-corrected chi connectivity index (χ4v) is 7.82. The molecular weight excluding hydrogens is 687 g/mol. The van der Waals surface area contributed by atoms with Gasteiger partial charge in [-0.15, -0.1) is 0 Å². The molecule has 262 valence electrons. The van der Waals surface area contributed by atoms with Crippen molar-refractivity contribution < 1.29 is 4.42 Å². The number of fused-ring (bicyclic) bond motifs is 6. The van der Waals surface area contributed by atoms with Gasteiger partial charge in [0.2, 0.25) is 0 Å². The summed E-state index contributed by atoms with van der Waals surface area (Å²) < 4.78 is 8.91.